The molecule has 2 fully saturated rings. The number of anilines is 3. The number of amides is 2. The van der Waals surface area contributed by atoms with Gasteiger partial charge in [-0.15, -0.1) is 22.0 Å². The van der Waals surface area contributed by atoms with Gasteiger partial charge in [-0.1, -0.05) is 6.07 Å². The molecule has 3 heterocycles. The van der Waals surface area contributed by atoms with Gasteiger partial charge in [0.1, 0.15) is 0 Å². The summed E-state index contributed by atoms with van der Waals surface area (Å²) in [5.74, 6) is 1.82. The van der Waals surface area contributed by atoms with Crippen molar-refractivity contribution in [3.05, 3.63) is 36.4 Å². The average molecular weight is 428 g/mol. The Kier molecular flexibility index (Phi) is 6.59. The van der Waals surface area contributed by atoms with Crippen molar-refractivity contribution in [3.63, 3.8) is 0 Å². The summed E-state index contributed by atoms with van der Waals surface area (Å²) in [5, 5.41) is 11.9. The van der Waals surface area contributed by atoms with Gasteiger partial charge in [-0.05, 0) is 43.6 Å². The van der Waals surface area contributed by atoms with Crippen molar-refractivity contribution in [2.45, 2.75) is 4.90 Å². The molecule has 4 rings (SSSR count). The third kappa shape index (κ3) is 4.96. The highest BCUT2D eigenvalue weighted by atomic mass is 32.2. The largest absolute Gasteiger partial charge is 0.353 e. The highest BCUT2D eigenvalue weighted by Gasteiger charge is 2.23. The Balaban J connectivity index is 1.29. The van der Waals surface area contributed by atoms with Gasteiger partial charge in [0, 0.05) is 62.9 Å². The van der Waals surface area contributed by atoms with Crippen molar-refractivity contribution in [1.29, 1.82) is 0 Å². The number of carbonyl (C=O) groups excluding carboxylic acids is 1. The van der Waals surface area contributed by atoms with E-state index in [9.17, 15) is 4.79 Å². The van der Waals surface area contributed by atoms with Crippen LogP contribution in [0.1, 0.15) is 0 Å². The number of urea groups is 1. The summed E-state index contributed by atoms with van der Waals surface area (Å²) in [6.45, 7) is 6.90. The molecule has 2 aliphatic heterocycles. The van der Waals surface area contributed by atoms with E-state index < -0.39 is 0 Å². The van der Waals surface area contributed by atoms with Crippen LogP contribution in [0.3, 0.4) is 0 Å². The van der Waals surface area contributed by atoms with E-state index in [0.717, 1.165) is 61.5 Å². The first kappa shape index (κ1) is 20.7. The molecule has 2 aromatic rings. The number of hydrogen-bond acceptors (Lipinski definition) is 7. The molecule has 0 unspecified atom stereocenters. The Morgan fingerprint density at radius 2 is 1.50 bits per heavy atom. The summed E-state index contributed by atoms with van der Waals surface area (Å²) in [5.41, 5.74) is 0.833. The Labute approximate surface area is 182 Å². The third-order valence-electron chi connectivity index (χ3n) is 5.68. The van der Waals surface area contributed by atoms with Crippen molar-refractivity contribution in [1.82, 2.24) is 20.0 Å². The van der Waals surface area contributed by atoms with Crippen molar-refractivity contribution < 1.29 is 4.79 Å². The van der Waals surface area contributed by atoms with Crippen LogP contribution in [0, 0.1) is 0 Å². The van der Waals surface area contributed by atoms with Crippen molar-refractivity contribution in [2.75, 3.05) is 80.8 Å². The van der Waals surface area contributed by atoms with Crippen LogP contribution < -0.4 is 15.1 Å². The molecule has 9 heteroatoms. The zero-order chi connectivity index (χ0) is 20.9. The monoisotopic (exact) mass is 427 g/mol. The lowest BCUT2D eigenvalue weighted by Gasteiger charge is -2.35. The Morgan fingerprint density at radius 3 is 2.07 bits per heavy atom. The molecule has 1 aromatic carbocycles. The molecule has 1 aromatic heterocycles. The minimum absolute atomic E-state index is 0.0515. The number of carbonyl (C=O) groups is 1. The first-order valence-corrected chi connectivity index (χ1v) is 11.6. The van der Waals surface area contributed by atoms with Gasteiger partial charge in [0.15, 0.2) is 11.6 Å². The van der Waals surface area contributed by atoms with Crippen LogP contribution >= 0.6 is 11.8 Å². The molecule has 160 valence electrons. The summed E-state index contributed by atoms with van der Waals surface area (Å²) in [7, 11) is 2.15. The maximum atomic E-state index is 12.6. The summed E-state index contributed by atoms with van der Waals surface area (Å²) < 4.78 is 0. The minimum Gasteiger partial charge on any atom is -0.353 e. The molecular formula is C21H29N7OS. The second-order valence-electron chi connectivity index (χ2n) is 7.68. The summed E-state index contributed by atoms with van der Waals surface area (Å²) in [6, 6.07) is 12.0. The number of nitrogens with zero attached hydrogens (tertiary/aromatic N) is 6. The zero-order valence-electron chi connectivity index (χ0n) is 17.6. The number of aromatic nitrogens is 2. The van der Waals surface area contributed by atoms with E-state index in [-0.39, 0.29) is 6.03 Å². The molecule has 0 aliphatic carbocycles. The SMILES string of the molecule is CSc1cccc(NC(=O)N2CCN(c3ccc(N4CCN(C)CC4)nn3)CC2)c1. The number of nitrogens with one attached hydrogen (secondary N) is 1. The van der Waals surface area contributed by atoms with Crippen molar-refractivity contribution in [3.8, 4) is 0 Å². The third-order valence-corrected chi connectivity index (χ3v) is 6.40. The maximum Gasteiger partial charge on any atom is 0.321 e. The molecule has 1 N–H and O–H groups in total. The quantitative estimate of drug-likeness (QED) is 0.751. The van der Waals surface area contributed by atoms with E-state index in [1.165, 1.54) is 0 Å². The molecule has 0 radical (unpaired) electrons. The normalized spacial score (nSPS) is 17.9. The molecular weight excluding hydrogens is 398 g/mol. The van der Waals surface area contributed by atoms with Crippen molar-refractivity contribution >= 4 is 35.1 Å². The van der Waals surface area contributed by atoms with Gasteiger partial charge >= 0.3 is 6.03 Å². The van der Waals surface area contributed by atoms with Gasteiger partial charge in [0.05, 0.1) is 0 Å². The van der Waals surface area contributed by atoms with Crippen LogP contribution in [0.25, 0.3) is 0 Å². The van der Waals surface area contributed by atoms with E-state index in [0.29, 0.717) is 13.1 Å². The lowest BCUT2D eigenvalue weighted by molar-refractivity contribution is 0.208. The summed E-state index contributed by atoms with van der Waals surface area (Å²) in [6.07, 6.45) is 2.03. The Hall–Kier alpha value is -2.52. The van der Waals surface area contributed by atoms with Crippen LogP contribution in [0.15, 0.2) is 41.3 Å². The fourth-order valence-electron chi connectivity index (χ4n) is 3.73. The molecule has 0 bridgehead atoms. The first-order valence-electron chi connectivity index (χ1n) is 10.3. The Bertz CT molecular complexity index is 847. The highest BCUT2D eigenvalue weighted by Crippen LogP contribution is 2.20. The van der Waals surface area contributed by atoms with Crippen LogP contribution in [0.4, 0.5) is 22.1 Å². The summed E-state index contributed by atoms with van der Waals surface area (Å²) in [4.78, 5) is 22.4. The number of hydrogen-bond donors (Lipinski definition) is 1. The molecule has 0 saturated carbocycles. The van der Waals surface area contributed by atoms with Gasteiger partial charge in [-0.25, -0.2) is 4.79 Å². The second kappa shape index (κ2) is 9.53. The maximum absolute atomic E-state index is 12.6. The van der Waals surface area contributed by atoms with Gasteiger partial charge in [-0.3, -0.25) is 0 Å². The van der Waals surface area contributed by atoms with Gasteiger partial charge in [0.25, 0.3) is 0 Å². The first-order chi connectivity index (χ1) is 14.6. The van der Waals surface area contributed by atoms with Crippen LogP contribution in [0.2, 0.25) is 0 Å². The van der Waals surface area contributed by atoms with E-state index in [1.54, 1.807) is 11.8 Å². The number of rotatable bonds is 4. The number of thioether (sulfide) groups is 1. The number of benzene rings is 1. The highest BCUT2D eigenvalue weighted by molar-refractivity contribution is 7.98. The second-order valence-corrected chi connectivity index (χ2v) is 8.56. The molecule has 0 atom stereocenters. The molecule has 2 aliphatic rings. The molecule has 30 heavy (non-hydrogen) atoms. The molecule has 8 nitrogen and oxygen atoms in total. The topological polar surface area (TPSA) is 67.8 Å². The smallest absolute Gasteiger partial charge is 0.321 e. The number of likely N-dealkylation sites (N-methyl/N-ethyl adjacent to an activating group) is 1. The van der Waals surface area contributed by atoms with E-state index in [1.807, 2.05) is 41.5 Å². The van der Waals surface area contributed by atoms with Gasteiger partial charge < -0.3 is 24.9 Å². The van der Waals surface area contributed by atoms with Crippen molar-refractivity contribution in [2.24, 2.45) is 0 Å². The predicted octanol–water partition coefficient (Wildman–Crippen LogP) is 2.30. The van der Waals surface area contributed by atoms with E-state index >= 15 is 0 Å². The predicted molar refractivity (Wildman–Crippen MR) is 123 cm³/mol. The average Bonchev–Trinajstić information content (AvgIpc) is 2.80. The Morgan fingerprint density at radius 1 is 0.900 bits per heavy atom. The van der Waals surface area contributed by atoms with E-state index in [4.69, 9.17) is 0 Å². The fraction of sp³-hybridized carbons (Fsp3) is 0.476. The number of piperazine rings is 2. The molecule has 2 amide bonds. The van der Waals surface area contributed by atoms with Crippen LogP contribution in [-0.2, 0) is 0 Å². The molecule has 0 spiro atoms. The van der Waals surface area contributed by atoms with E-state index in [2.05, 4.69) is 43.3 Å². The fourth-order valence-corrected chi connectivity index (χ4v) is 4.19. The summed E-state index contributed by atoms with van der Waals surface area (Å²) >= 11 is 1.66. The lowest BCUT2D eigenvalue weighted by atomic mass is 10.3. The van der Waals surface area contributed by atoms with Crippen LogP contribution in [0.5, 0.6) is 0 Å². The lowest BCUT2D eigenvalue weighted by Crippen LogP contribution is -2.50. The van der Waals surface area contributed by atoms with Gasteiger partial charge in [0.2, 0.25) is 0 Å². The standard InChI is InChI=1S/C21H29N7OS/c1-25-8-10-26(11-9-25)19-6-7-20(24-23-19)27-12-14-28(15-13-27)21(29)22-17-4-3-5-18(16-17)30-2/h3-7,16H,8-15H2,1-2H3,(H,22,29). The zero-order valence-corrected chi connectivity index (χ0v) is 18.4. The minimum atomic E-state index is -0.0515. The van der Waals surface area contributed by atoms with Gasteiger partial charge in [-0.2, -0.15) is 0 Å². The van der Waals surface area contributed by atoms with Crippen LogP contribution in [-0.4, -0.2) is 91.7 Å². The molecule has 2 saturated heterocycles.